The van der Waals surface area contributed by atoms with Crippen molar-refractivity contribution in [1.82, 2.24) is 20.4 Å². The van der Waals surface area contributed by atoms with E-state index in [-0.39, 0.29) is 29.8 Å². The largest absolute Gasteiger partial charge is 0.496 e. The molecular weight excluding hydrogens is 508 g/mol. The van der Waals surface area contributed by atoms with Crippen molar-refractivity contribution in [3.05, 3.63) is 77.4 Å². The first-order chi connectivity index (χ1) is 14.6. The van der Waals surface area contributed by atoms with Crippen LogP contribution in [0.3, 0.4) is 0 Å². The molecular formula is C23H29FIN5O. The zero-order valence-corrected chi connectivity index (χ0v) is 20.4. The molecule has 31 heavy (non-hydrogen) atoms. The fraction of sp³-hybridized carbons (Fsp3) is 0.304. The van der Waals surface area contributed by atoms with Crippen LogP contribution in [0.5, 0.6) is 5.75 Å². The fourth-order valence-electron chi connectivity index (χ4n) is 3.18. The van der Waals surface area contributed by atoms with Crippen LogP contribution in [0, 0.1) is 12.7 Å². The number of methoxy groups -OCH3 is 1. The van der Waals surface area contributed by atoms with Gasteiger partial charge in [0.15, 0.2) is 5.96 Å². The molecule has 3 aromatic rings. The summed E-state index contributed by atoms with van der Waals surface area (Å²) in [5.74, 6) is 1.40. The molecule has 0 saturated carbocycles. The van der Waals surface area contributed by atoms with E-state index in [4.69, 9.17) is 4.74 Å². The Hall–Kier alpha value is -2.62. The Morgan fingerprint density at radius 2 is 1.77 bits per heavy atom. The van der Waals surface area contributed by atoms with Crippen molar-refractivity contribution in [2.45, 2.75) is 19.8 Å². The van der Waals surface area contributed by atoms with Gasteiger partial charge in [-0.25, -0.2) is 9.07 Å². The minimum Gasteiger partial charge on any atom is -0.496 e. The van der Waals surface area contributed by atoms with Gasteiger partial charge in [-0.15, -0.1) is 24.0 Å². The maximum Gasteiger partial charge on any atom is 0.190 e. The van der Waals surface area contributed by atoms with Crippen molar-refractivity contribution in [3.8, 4) is 11.4 Å². The monoisotopic (exact) mass is 537 g/mol. The lowest BCUT2D eigenvalue weighted by Gasteiger charge is -2.13. The summed E-state index contributed by atoms with van der Waals surface area (Å²) >= 11 is 0. The molecule has 1 heterocycles. The van der Waals surface area contributed by atoms with Gasteiger partial charge in [-0.2, -0.15) is 5.10 Å². The number of aliphatic imine (C=N–C) groups is 1. The number of nitrogens with zero attached hydrogens (tertiary/aromatic N) is 3. The summed E-state index contributed by atoms with van der Waals surface area (Å²) in [6, 6.07) is 14.4. The van der Waals surface area contributed by atoms with Crippen LogP contribution in [-0.2, 0) is 12.8 Å². The van der Waals surface area contributed by atoms with Crippen molar-refractivity contribution in [1.29, 1.82) is 0 Å². The smallest absolute Gasteiger partial charge is 0.190 e. The zero-order valence-electron chi connectivity index (χ0n) is 18.1. The summed E-state index contributed by atoms with van der Waals surface area (Å²) in [4.78, 5) is 4.27. The van der Waals surface area contributed by atoms with Crippen LogP contribution < -0.4 is 15.4 Å². The zero-order chi connectivity index (χ0) is 21.3. The number of hydrogen-bond acceptors (Lipinski definition) is 3. The second kappa shape index (κ2) is 12.3. The number of hydrogen-bond donors (Lipinski definition) is 2. The predicted octanol–water partition coefficient (Wildman–Crippen LogP) is 3.90. The molecule has 0 radical (unpaired) electrons. The van der Waals surface area contributed by atoms with Crippen LogP contribution in [0.1, 0.15) is 16.8 Å². The maximum absolute atomic E-state index is 13.1. The molecule has 2 aromatic carbocycles. The number of rotatable bonds is 8. The SMILES string of the molecule is CN=C(NCCc1ccn(-c2ccc(F)cc2)n1)NCCc1cc(C)ccc1OC.I. The molecule has 0 aliphatic carbocycles. The lowest BCUT2D eigenvalue weighted by atomic mass is 10.1. The van der Waals surface area contributed by atoms with Gasteiger partial charge < -0.3 is 15.4 Å². The standard InChI is InChI=1S/C23H28FN5O.HI/c1-17-4-9-22(30-3)18(16-17)10-13-26-23(25-2)27-14-11-20-12-15-29(28-20)21-7-5-19(24)6-8-21;/h4-9,12,15-16H,10-11,13-14H2,1-3H3,(H2,25,26,27);1H. The molecule has 1 aromatic heterocycles. The number of benzene rings is 2. The molecule has 0 fully saturated rings. The number of ether oxygens (including phenoxy) is 1. The molecule has 0 bridgehead atoms. The highest BCUT2D eigenvalue weighted by Gasteiger charge is 2.05. The first kappa shape index (κ1) is 24.6. The van der Waals surface area contributed by atoms with Crippen LogP contribution in [0.25, 0.3) is 5.69 Å². The minimum atomic E-state index is -0.255. The van der Waals surface area contributed by atoms with E-state index in [2.05, 4.69) is 33.7 Å². The van der Waals surface area contributed by atoms with E-state index in [0.717, 1.165) is 42.5 Å². The van der Waals surface area contributed by atoms with Crippen molar-refractivity contribution in [2.75, 3.05) is 27.2 Å². The van der Waals surface area contributed by atoms with Crippen molar-refractivity contribution < 1.29 is 9.13 Å². The predicted molar refractivity (Wildman–Crippen MR) is 133 cm³/mol. The lowest BCUT2D eigenvalue weighted by Crippen LogP contribution is -2.39. The Balaban J connectivity index is 0.00000341. The summed E-state index contributed by atoms with van der Waals surface area (Å²) in [5, 5.41) is 11.2. The maximum atomic E-state index is 13.1. The van der Waals surface area contributed by atoms with Gasteiger partial charge in [-0.1, -0.05) is 17.7 Å². The average Bonchev–Trinajstić information content (AvgIpc) is 3.22. The van der Waals surface area contributed by atoms with Gasteiger partial charge in [0.25, 0.3) is 0 Å². The molecule has 0 aliphatic heterocycles. The number of halogens is 2. The van der Waals surface area contributed by atoms with Crippen molar-refractivity contribution >= 4 is 29.9 Å². The molecule has 0 aliphatic rings. The van der Waals surface area contributed by atoms with Crippen LogP contribution >= 0.6 is 24.0 Å². The first-order valence-electron chi connectivity index (χ1n) is 9.97. The highest BCUT2D eigenvalue weighted by molar-refractivity contribution is 14.0. The topological polar surface area (TPSA) is 63.5 Å². The quantitative estimate of drug-likeness (QED) is 0.260. The van der Waals surface area contributed by atoms with E-state index in [1.807, 2.05) is 24.4 Å². The van der Waals surface area contributed by atoms with E-state index in [1.54, 1.807) is 31.0 Å². The van der Waals surface area contributed by atoms with Crippen molar-refractivity contribution in [3.63, 3.8) is 0 Å². The Bertz CT molecular complexity index is 988. The first-order valence-corrected chi connectivity index (χ1v) is 9.97. The van der Waals surface area contributed by atoms with Gasteiger partial charge in [0.2, 0.25) is 0 Å². The van der Waals surface area contributed by atoms with E-state index in [0.29, 0.717) is 6.54 Å². The summed E-state index contributed by atoms with van der Waals surface area (Å²) in [6.45, 7) is 3.53. The van der Waals surface area contributed by atoms with E-state index in [9.17, 15) is 4.39 Å². The van der Waals surface area contributed by atoms with Gasteiger partial charge in [0.1, 0.15) is 11.6 Å². The molecule has 6 nitrogen and oxygen atoms in total. The Morgan fingerprint density at radius 1 is 1.06 bits per heavy atom. The summed E-state index contributed by atoms with van der Waals surface area (Å²) in [5.41, 5.74) is 4.17. The third-order valence-electron chi connectivity index (χ3n) is 4.76. The average molecular weight is 537 g/mol. The second-order valence-electron chi connectivity index (χ2n) is 6.97. The molecule has 0 unspecified atom stereocenters. The number of aryl methyl sites for hydroxylation is 1. The van der Waals surface area contributed by atoms with Gasteiger partial charge in [-0.3, -0.25) is 4.99 Å². The molecule has 0 spiro atoms. The molecule has 3 rings (SSSR count). The van der Waals surface area contributed by atoms with Gasteiger partial charge >= 0.3 is 0 Å². The second-order valence-corrected chi connectivity index (χ2v) is 6.97. The third-order valence-corrected chi connectivity index (χ3v) is 4.76. The normalized spacial score (nSPS) is 11.0. The van der Waals surface area contributed by atoms with Gasteiger partial charge in [0, 0.05) is 32.8 Å². The summed E-state index contributed by atoms with van der Waals surface area (Å²) < 4.78 is 20.2. The molecule has 0 amide bonds. The highest BCUT2D eigenvalue weighted by atomic mass is 127. The van der Waals surface area contributed by atoms with E-state index < -0.39 is 0 Å². The van der Waals surface area contributed by atoms with E-state index >= 15 is 0 Å². The third kappa shape index (κ3) is 7.23. The summed E-state index contributed by atoms with van der Waals surface area (Å²) in [7, 11) is 3.45. The Labute approximate surface area is 199 Å². The van der Waals surface area contributed by atoms with E-state index in [1.165, 1.54) is 23.3 Å². The molecule has 2 N–H and O–H groups in total. The fourth-order valence-corrected chi connectivity index (χ4v) is 3.18. The van der Waals surface area contributed by atoms with Gasteiger partial charge in [0.05, 0.1) is 18.5 Å². The molecule has 0 saturated heterocycles. The number of aromatic nitrogens is 2. The Morgan fingerprint density at radius 3 is 2.45 bits per heavy atom. The molecule has 8 heteroatoms. The van der Waals surface area contributed by atoms with Crippen LogP contribution in [0.2, 0.25) is 0 Å². The lowest BCUT2D eigenvalue weighted by molar-refractivity contribution is 0.409. The minimum absolute atomic E-state index is 0. The Kier molecular flexibility index (Phi) is 9.77. The molecule has 166 valence electrons. The van der Waals surface area contributed by atoms with Gasteiger partial charge in [-0.05, 0) is 55.3 Å². The van der Waals surface area contributed by atoms with Crippen molar-refractivity contribution in [2.24, 2.45) is 4.99 Å². The van der Waals surface area contributed by atoms with Crippen LogP contribution in [-0.4, -0.2) is 43.0 Å². The van der Waals surface area contributed by atoms with Crippen LogP contribution in [0.15, 0.2) is 59.7 Å². The number of nitrogens with one attached hydrogen (secondary N) is 2. The summed E-state index contributed by atoms with van der Waals surface area (Å²) in [6.07, 6.45) is 3.47. The highest BCUT2D eigenvalue weighted by Crippen LogP contribution is 2.19. The number of guanidine groups is 1. The van der Waals surface area contributed by atoms with Crippen LogP contribution in [0.4, 0.5) is 4.39 Å². The molecule has 0 atom stereocenters.